The number of carbonyl (C=O) groups excluding carboxylic acids is 1. The van der Waals surface area contributed by atoms with Crippen LogP contribution in [0.1, 0.15) is 48.1 Å². The molecule has 6 heteroatoms. The number of likely N-dealkylation sites (N-methyl/N-ethyl adjacent to an activating group) is 1. The summed E-state index contributed by atoms with van der Waals surface area (Å²) in [7, 11) is 2.11. The van der Waals surface area contributed by atoms with Gasteiger partial charge in [0.2, 0.25) is 5.91 Å². The molecule has 33 heavy (non-hydrogen) atoms. The van der Waals surface area contributed by atoms with E-state index in [1.807, 2.05) is 23.1 Å². The summed E-state index contributed by atoms with van der Waals surface area (Å²) in [6.07, 6.45) is 0. The maximum Gasteiger partial charge on any atom is 0.240 e. The third kappa shape index (κ3) is 4.95. The maximum absolute atomic E-state index is 13.9. The molecule has 1 amide bonds. The fraction of sp³-hybridized carbons (Fsp3) is 0.519. The minimum Gasteiger partial charge on any atom is -0.339 e. The monoisotopic (exact) mass is 487 g/mol. The molecule has 4 atom stereocenters. The highest BCUT2D eigenvalue weighted by Crippen LogP contribution is 2.49. The number of piperazine rings is 1. The second-order valence-electron chi connectivity index (χ2n) is 10.1. The van der Waals surface area contributed by atoms with Gasteiger partial charge in [-0.3, -0.25) is 10.1 Å². The minimum atomic E-state index is -0.239. The van der Waals surface area contributed by atoms with Crippen LogP contribution in [0.15, 0.2) is 36.4 Å². The van der Waals surface area contributed by atoms with E-state index in [0.717, 1.165) is 41.8 Å². The van der Waals surface area contributed by atoms with E-state index >= 15 is 0 Å². The first-order valence-corrected chi connectivity index (χ1v) is 12.7. The van der Waals surface area contributed by atoms with Crippen molar-refractivity contribution in [3.8, 4) is 0 Å². The lowest BCUT2D eigenvalue weighted by Gasteiger charge is -2.36. The number of amides is 1. The first-order chi connectivity index (χ1) is 15.7. The van der Waals surface area contributed by atoms with Crippen molar-refractivity contribution in [2.45, 2.75) is 45.7 Å². The zero-order valence-electron chi connectivity index (χ0n) is 20.2. The summed E-state index contributed by atoms with van der Waals surface area (Å²) in [4.78, 5) is 18.2. The number of hydrogen-bond donors (Lipinski definition) is 1. The summed E-state index contributed by atoms with van der Waals surface area (Å²) in [6.45, 7) is 12.1. The molecule has 4 rings (SSSR count). The van der Waals surface area contributed by atoms with E-state index in [2.05, 4.69) is 63.2 Å². The Balaban J connectivity index is 1.80. The van der Waals surface area contributed by atoms with Crippen molar-refractivity contribution >= 4 is 29.1 Å². The van der Waals surface area contributed by atoms with Crippen molar-refractivity contribution in [3.63, 3.8) is 0 Å². The lowest BCUT2D eigenvalue weighted by molar-refractivity contribution is -0.136. The van der Waals surface area contributed by atoms with Gasteiger partial charge < -0.3 is 9.80 Å². The highest BCUT2D eigenvalue weighted by molar-refractivity contribution is 6.31. The van der Waals surface area contributed by atoms with Gasteiger partial charge in [-0.1, -0.05) is 49.2 Å². The van der Waals surface area contributed by atoms with Crippen LogP contribution in [-0.4, -0.2) is 55.0 Å². The Morgan fingerprint density at radius 3 is 2.21 bits per heavy atom. The van der Waals surface area contributed by atoms with Gasteiger partial charge >= 0.3 is 0 Å². The van der Waals surface area contributed by atoms with Crippen LogP contribution in [0.5, 0.6) is 0 Å². The summed E-state index contributed by atoms with van der Waals surface area (Å²) >= 11 is 12.8. The fourth-order valence-electron chi connectivity index (χ4n) is 5.73. The zero-order valence-corrected chi connectivity index (χ0v) is 21.7. The molecule has 0 aromatic heterocycles. The Labute approximate surface area is 208 Å². The number of aryl methyl sites for hydroxylation is 2. The van der Waals surface area contributed by atoms with Crippen molar-refractivity contribution in [2.24, 2.45) is 11.8 Å². The highest BCUT2D eigenvalue weighted by Gasteiger charge is 2.50. The first-order valence-electron chi connectivity index (χ1n) is 11.9. The SMILES string of the molecule is Cc1ccc(Cl)cc1C1NC(C(=O)N2CCN(C)CC2)C(C(C)C)C1c1ccc(Cl)cc1C. The van der Waals surface area contributed by atoms with E-state index in [0.29, 0.717) is 5.92 Å². The van der Waals surface area contributed by atoms with Crippen LogP contribution in [0.25, 0.3) is 0 Å². The van der Waals surface area contributed by atoms with Crippen LogP contribution in [0.4, 0.5) is 0 Å². The maximum atomic E-state index is 13.9. The smallest absolute Gasteiger partial charge is 0.240 e. The Morgan fingerprint density at radius 2 is 1.58 bits per heavy atom. The molecule has 0 saturated carbocycles. The summed E-state index contributed by atoms with van der Waals surface area (Å²) in [6, 6.07) is 12.0. The number of benzene rings is 2. The molecule has 0 aliphatic carbocycles. The van der Waals surface area contributed by atoms with Gasteiger partial charge in [-0.15, -0.1) is 0 Å². The van der Waals surface area contributed by atoms with Crippen LogP contribution < -0.4 is 5.32 Å². The van der Waals surface area contributed by atoms with Gasteiger partial charge in [-0.05, 0) is 79.3 Å². The highest BCUT2D eigenvalue weighted by atomic mass is 35.5. The van der Waals surface area contributed by atoms with Crippen molar-refractivity contribution in [2.75, 3.05) is 33.2 Å². The molecular weight excluding hydrogens is 453 g/mol. The minimum absolute atomic E-state index is 0.00242. The van der Waals surface area contributed by atoms with Gasteiger partial charge in [0.15, 0.2) is 0 Å². The Morgan fingerprint density at radius 1 is 0.939 bits per heavy atom. The topological polar surface area (TPSA) is 35.6 Å². The fourth-order valence-corrected chi connectivity index (χ4v) is 6.13. The third-order valence-electron chi connectivity index (χ3n) is 7.54. The number of carbonyl (C=O) groups is 1. The predicted octanol–water partition coefficient (Wildman–Crippen LogP) is 5.45. The van der Waals surface area contributed by atoms with Crippen LogP contribution in [0.3, 0.4) is 0 Å². The zero-order chi connectivity index (χ0) is 23.9. The van der Waals surface area contributed by atoms with Crippen molar-refractivity contribution in [1.82, 2.24) is 15.1 Å². The molecule has 178 valence electrons. The first kappa shape index (κ1) is 24.5. The molecule has 1 N–H and O–H groups in total. The average molecular weight is 489 g/mol. The number of halogens is 2. The number of rotatable bonds is 4. The van der Waals surface area contributed by atoms with Crippen LogP contribution >= 0.6 is 23.2 Å². The Bertz CT molecular complexity index is 1020. The Hall–Kier alpha value is -1.59. The predicted molar refractivity (Wildman–Crippen MR) is 137 cm³/mol. The van der Waals surface area contributed by atoms with E-state index in [-0.39, 0.29) is 29.8 Å². The molecule has 0 spiro atoms. The van der Waals surface area contributed by atoms with Crippen molar-refractivity contribution in [1.29, 1.82) is 0 Å². The summed E-state index contributed by atoms with van der Waals surface area (Å²) in [5.74, 6) is 0.838. The van der Waals surface area contributed by atoms with Crippen LogP contribution in [0.2, 0.25) is 10.0 Å². The largest absolute Gasteiger partial charge is 0.339 e. The molecule has 2 fully saturated rings. The van der Waals surface area contributed by atoms with Gasteiger partial charge in [0, 0.05) is 48.2 Å². The molecule has 4 unspecified atom stereocenters. The molecule has 4 nitrogen and oxygen atoms in total. The van der Waals surface area contributed by atoms with Gasteiger partial charge in [-0.25, -0.2) is 0 Å². The van der Waals surface area contributed by atoms with Crippen molar-refractivity contribution < 1.29 is 4.79 Å². The normalized spacial score (nSPS) is 26.2. The molecule has 2 aliphatic rings. The standard InChI is InChI=1S/C27H35Cl2N3O/c1-16(2)23-24(21-9-8-19(28)14-18(21)4)25(22-15-20(29)7-6-17(22)3)30-26(23)27(33)32-12-10-31(5)11-13-32/h6-9,14-16,23-26,30H,10-13H2,1-5H3. The molecule has 2 aliphatic heterocycles. The second-order valence-corrected chi connectivity index (χ2v) is 11.0. The van der Waals surface area contributed by atoms with Gasteiger partial charge in [-0.2, -0.15) is 0 Å². The van der Waals surface area contributed by atoms with Gasteiger partial charge in [0.05, 0.1) is 6.04 Å². The van der Waals surface area contributed by atoms with E-state index in [4.69, 9.17) is 23.2 Å². The molecule has 2 aromatic rings. The Kier molecular flexibility index (Phi) is 7.40. The lowest BCUT2D eigenvalue weighted by atomic mass is 9.72. The number of nitrogens with one attached hydrogen (secondary N) is 1. The summed E-state index contributed by atoms with van der Waals surface area (Å²) < 4.78 is 0. The van der Waals surface area contributed by atoms with Gasteiger partial charge in [0.25, 0.3) is 0 Å². The van der Waals surface area contributed by atoms with Crippen molar-refractivity contribution in [3.05, 3.63) is 68.7 Å². The molecule has 0 bridgehead atoms. The van der Waals surface area contributed by atoms with Crippen LogP contribution in [-0.2, 0) is 4.79 Å². The number of hydrogen-bond acceptors (Lipinski definition) is 3. The van der Waals surface area contributed by atoms with Crippen LogP contribution in [0, 0.1) is 25.7 Å². The van der Waals surface area contributed by atoms with Gasteiger partial charge in [0.1, 0.15) is 0 Å². The quantitative estimate of drug-likeness (QED) is 0.622. The van der Waals surface area contributed by atoms with E-state index < -0.39 is 0 Å². The molecule has 0 radical (unpaired) electrons. The average Bonchev–Trinajstić information content (AvgIpc) is 3.16. The lowest BCUT2D eigenvalue weighted by Crippen LogP contribution is -2.54. The summed E-state index contributed by atoms with van der Waals surface area (Å²) in [5, 5.41) is 5.27. The van der Waals surface area contributed by atoms with E-state index in [1.165, 1.54) is 16.7 Å². The van der Waals surface area contributed by atoms with E-state index in [9.17, 15) is 4.79 Å². The molecule has 2 saturated heterocycles. The second kappa shape index (κ2) is 9.95. The molecule has 2 heterocycles. The molecular formula is C27H35Cl2N3O. The summed E-state index contributed by atoms with van der Waals surface area (Å²) in [5.41, 5.74) is 4.77. The molecule has 2 aromatic carbocycles. The third-order valence-corrected chi connectivity index (χ3v) is 8.01. The van der Waals surface area contributed by atoms with E-state index in [1.54, 1.807) is 0 Å². The number of nitrogens with zero attached hydrogens (tertiary/aromatic N) is 2.